The first-order valence-corrected chi connectivity index (χ1v) is 7.17. The summed E-state index contributed by atoms with van der Waals surface area (Å²) in [5.41, 5.74) is 1.26. The molecule has 1 fully saturated rings. The van der Waals surface area contributed by atoms with E-state index < -0.39 is 12.1 Å². The Morgan fingerprint density at radius 3 is 2.80 bits per heavy atom. The molecule has 2 N–H and O–H groups in total. The highest BCUT2D eigenvalue weighted by molar-refractivity contribution is 7.16. The number of nitrogens with one attached hydrogen (secondary N) is 2. The molecule has 1 amide bonds. The first-order chi connectivity index (χ1) is 9.54. The third kappa shape index (κ3) is 3.00. The molecule has 2 heterocycles. The van der Waals surface area contributed by atoms with E-state index in [-0.39, 0.29) is 5.91 Å². The van der Waals surface area contributed by atoms with Gasteiger partial charge < -0.3 is 20.1 Å². The number of carbonyl (C=O) groups excluding carboxylic acids is 2. The van der Waals surface area contributed by atoms with Crippen molar-refractivity contribution in [3.63, 3.8) is 0 Å². The van der Waals surface area contributed by atoms with Gasteiger partial charge in [0.2, 0.25) is 0 Å². The molecule has 1 saturated heterocycles. The van der Waals surface area contributed by atoms with Crippen molar-refractivity contribution in [1.82, 2.24) is 5.32 Å². The number of morpholine rings is 1. The van der Waals surface area contributed by atoms with Crippen LogP contribution in [0.4, 0.5) is 5.00 Å². The van der Waals surface area contributed by atoms with Gasteiger partial charge >= 0.3 is 5.97 Å². The molecule has 1 unspecified atom stereocenters. The van der Waals surface area contributed by atoms with Crippen molar-refractivity contribution in [3.8, 4) is 0 Å². The van der Waals surface area contributed by atoms with E-state index >= 15 is 0 Å². The highest BCUT2D eigenvalue weighted by Crippen LogP contribution is 2.33. The standard InChI is InChI=1S/C13H18N2O4S/c1-7-8(2)20-12(10(7)13(17)18-3)15-11(16)9-6-14-4-5-19-9/h9,14H,4-6H2,1-3H3,(H,15,16). The maximum atomic E-state index is 12.1. The van der Waals surface area contributed by atoms with Crippen LogP contribution in [0.2, 0.25) is 0 Å². The van der Waals surface area contributed by atoms with Crippen molar-refractivity contribution in [1.29, 1.82) is 0 Å². The highest BCUT2D eigenvalue weighted by Gasteiger charge is 2.26. The van der Waals surface area contributed by atoms with Crippen LogP contribution < -0.4 is 10.6 Å². The van der Waals surface area contributed by atoms with Gasteiger partial charge in [0, 0.05) is 18.0 Å². The Morgan fingerprint density at radius 2 is 2.20 bits per heavy atom. The molecule has 0 bridgehead atoms. The number of carbonyl (C=O) groups is 2. The number of aryl methyl sites for hydroxylation is 1. The lowest BCUT2D eigenvalue weighted by atomic mass is 10.1. The zero-order valence-electron chi connectivity index (χ0n) is 11.7. The Hall–Kier alpha value is -1.44. The normalized spacial score (nSPS) is 18.6. The predicted octanol–water partition coefficient (Wildman–Crippen LogP) is 1.08. The van der Waals surface area contributed by atoms with Crippen LogP contribution in [-0.2, 0) is 14.3 Å². The number of hydrogen-bond donors (Lipinski definition) is 2. The molecule has 20 heavy (non-hydrogen) atoms. The van der Waals surface area contributed by atoms with Crippen molar-refractivity contribution in [2.24, 2.45) is 0 Å². The predicted molar refractivity (Wildman–Crippen MR) is 76.4 cm³/mol. The average molecular weight is 298 g/mol. The van der Waals surface area contributed by atoms with Crippen molar-refractivity contribution >= 4 is 28.2 Å². The fraction of sp³-hybridized carbons (Fsp3) is 0.538. The zero-order valence-corrected chi connectivity index (χ0v) is 12.6. The van der Waals surface area contributed by atoms with Gasteiger partial charge in [-0.15, -0.1) is 11.3 Å². The number of rotatable bonds is 3. The average Bonchev–Trinajstić information content (AvgIpc) is 2.74. The topological polar surface area (TPSA) is 76.7 Å². The number of methoxy groups -OCH3 is 1. The summed E-state index contributed by atoms with van der Waals surface area (Å²) in [7, 11) is 1.33. The van der Waals surface area contributed by atoms with Gasteiger partial charge in [0.1, 0.15) is 11.1 Å². The second-order valence-electron chi connectivity index (χ2n) is 4.53. The maximum absolute atomic E-state index is 12.1. The SMILES string of the molecule is COC(=O)c1c(NC(=O)C2CNCCO2)sc(C)c1C. The fourth-order valence-electron chi connectivity index (χ4n) is 1.99. The number of anilines is 1. The van der Waals surface area contributed by atoms with Crippen LogP contribution in [0, 0.1) is 13.8 Å². The van der Waals surface area contributed by atoms with Crippen molar-refractivity contribution in [2.75, 3.05) is 32.1 Å². The van der Waals surface area contributed by atoms with Gasteiger partial charge in [-0.2, -0.15) is 0 Å². The molecule has 0 radical (unpaired) electrons. The second-order valence-corrected chi connectivity index (χ2v) is 5.76. The molecule has 6 nitrogen and oxygen atoms in total. The van der Waals surface area contributed by atoms with Gasteiger partial charge in [0.15, 0.2) is 0 Å². The zero-order chi connectivity index (χ0) is 14.7. The Balaban J connectivity index is 2.18. The smallest absolute Gasteiger partial charge is 0.341 e. The van der Waals surface area contributed by atoms with Gasteiger partial charge in [-0.1, -0.05) is 0 Å². The van der Waals surface area contributed by atoms with Gasteiger partial charge in [-0.05, 0) is 19.4 Å². The van der Waals surface area contributed by atoms with Crippen LogP contribution in [-0.4, -0.2) is 44.8 Å². The molecule has 1 atom stereocenters. The van der Waals surface area contributed by atoms with Crippen LogP contribution in [0.15, 0.2) is 0 Å². The van der Waals surface area contributed by atoms with Crippen molar-refractivity contribution in [2.45, 2.75) is 20.0 Å². The molecule has 0 spiro atoms. The molecule has 0 aliphatic carbocycles. The largest absolute Gasteiger partial charge is 0.465 e. The third-order valence-corrected chi connectivity index (χ3v) is 4.35. The summed E-state index contributed by atoms with van der Waals surface area (Å²) in [5.74, 6) is -0.687. The summed E-state index contributed by atoms with van der Waals surface area (Å²) >= 11 is 1.37. The summed E-state index contributed by atoms with van der Waals surface area (Å²) in [6.07, 6.45) is -0.531. The molecule has 0 saturated carbocycles. The van der Waals surface area contributed by atoms with E-state index in [1.807, 2.05) is 13.8 Å². The number of hydrogen-bond acceptors (Lipinski definition) is 6. The molecule has 1 aliphatic rings. The van der Waals surface area contributed by atoms with Gasteiger partial charge in [-0.3, -0.25) is 4.79 Å². The minimum absolute atomic E-state index is 0.247. The minimum atomic E-state index is -0.531. The minimum Gasteiger partial charge on any atom is -0.465 e. The van der Waals surface area contributed by atoms with E-state index in [2.05, 4.69) is 10.6 Å². The van der Waals surface area contributed by atoms with E-state index in [0.29, 0.717) is 23.7 Å². The lowest BCUT2D eigenvalue weighted by Crippen LogP contribution is -2.45. The molecule has 1 aromatic heterocycles. The van der Waals surface area contributed by atoms with Gasteiger partial charge in [0.25, 0.3) is 5.91 Å². The lowest BCUT2D eigenvalue weighted by molar-refractivity contribution is -0.128. The lowest BCUT2D eigenvalue weighted by Gasteiger charge is -2.22. The monoisotopic (exact) mass is 298 g/mol. The summed E-state index contributed by atoms with van der Waals surface area (Å²) in [6.45, 7) is 5.47. The Morgan fingerprint density at radius 1 is 1.45 bits per heavy atom. The van der Waals surface area contributed by atoms with Crippen LogP contribution in [0.1, 0.15) is 20.8 Å². The Kier molecular flexibility index (Phi) is 4.74. The molecular formula is C13H18N2O4S. The maximum Gasteiger partial charge on any atom is 0.341 e. The Labute approximate surface area is 121 Å². The van der Waals surface area contributed by atoms with E-state index in [1.165, 1.54) is 18.4 Å². The number of amides is 1. The van der Waals surface area contributed by atoms with E-state index in [1.54, 1.807) is 0 Å². The summed E-state index contributed by atoms with van der Waals surface area (Å²) in [6, 6.07) is 0. The molecular weight excluding hydrogens is 280 g/mol. The van der Waals surface area contributed by atoms with Gasteiger partial charge in [0.05, 0.1) is 19.3 Å². The summed E-state index contributed by atoms with van der Waals surface area (Å²) < 4.78 is 10.2. The van der Waals surface area contributed by atoms with Crippen molar-refractivity contribution in [3.05, 3.63) is 16.0 Å². The third-order valence-electron chi connectivity index (χ3n) is 3.23. The number of thiophene rings is 1. The highest BCUT2D eigenvalue weighted by atomic mass is 32.1. The van der Waals surface area contributed by atoms with Crippen LogP contribution in [0.25, 0.3) is 0 Å². The van der Waals surface area contributed by atoms with Gasteiger partial charge in [-0.25, -0.2) is 4.79 Å². The van der Waals surface area contributed by atoms with E-state index in [4.69, 9.17) is 9.47 Å². The first-order valence-electron chi connectivity index (χ1n) is 6.36. The van der Waals surface area contributed by atoms with E-state index in [0.717, 1.165) is 17.0 Å². The Bertz CT molecular complexity index is 521. The molecule has 7 heteroatoms. The van der Waals surface area contributed by atoms with Crippen LogP contribution in [0.5, 0.6) is 0 Å². The second kappa shape index (κ2) is 6.34. The molecule has 1 aliphatic heterocycles. The molecule has 0 aromatic carbocycles. The molecule has 2 rings (SSSR count). The molecule has 1 aromatic rings. The summed E-state index contributed by atoms with van der Waals surface area (Å²) in [4.78, 5) is 24.9. The number of esters is 1. The van der Waals surface area contributed by atoms with Crippen molar-refractivity contribution < 1.29 is 19.1 Å². The quantitative estimate of drug-likeness (QED) is 0.817. The summed E-state index contributed by atoms with van der Waals surface area (Å²) in [5, 5.41) is 6.38. The fourth-order valence-corrected chi connectivity index (χ4v) is 3.04. The molecule has 110 valence electrons. The first kappa shape index (κ1) is 15.0. The van der Waals surface area contributed by atoms with E-state index in [9.17, 15) is 9.59 Å². The van der Waals surface area contributed by atoms with Crippen LogP contribution >= 0.6 is 11.3 Å². The van der Waals surface area contributed by atoms with Crippen LogP contribution in [0.3, 0.4) is 0 Å². The number of ether oxygens (including phenoxy) is 2.